The predicted molar refractivity (Wildman–Crippen MR) is 83.7 cm³/mol. The summed E-state index contributed by atoms with van der Waals surface area (Å²) in [5.74, 6) is -0.102. The van der Waals surface area contributed by atoms with Gasteiger partial charge in [-0.15, -0.1) is 0 Å². The van der Waals surface area contributed by atoms with E-state index in [1.165, 1.54) is 25.1 Å². The number of sulfonamides is 1. The zero-order valence-corrected chi connectivity index (χ0v) is 13.3. The van der Waals surface area contributed by atoms with E-state index in [0.717, 1.165) is 32.1 Å². The lowest BCUT2D eigenvalue weighted by atomic mass is 9.98. The van der Waals surface area contributed by atoms with Gasteiger partial charge in [0.25, 0.3) is 0 Å². The van der Waals surface area contributed by atoms with Crippen LogP contribution < -0.4 is 9.46 Å². The van der Waals surface area contributed by atoms with Crippen molar-refractivity contribution < 1.29 is 18.1 Å². The molecule has 0 amide bonds. The smallest absolute Gasteiger partial charge is 0.313 e. The maximum absolute atomic E-state index is 11.8. The van der Waals surface area contributed by atoms with Crippen molar-refractivity contribution in [1.29, 1.82) is 0 Å². The number of benzene rings is 1. The van der Waals surface area contributed by atoms with Crippen molar-refractivity contribution in [2.45, 2.75) is 45.1 Å². The highest BCUT2D eigenvalue weighted by Crippen LogP contribution is 2.38. The minimum Gasteiger partial charge on any atom is -0.482 e. The number of hydrogen-bond acceptors (Lipinski definition) is 5. The molecule has 1 aromatic carbocycles. The standard InChI is InChI=1S/C14H20N2O5S/c1-2-22(19,20)15-12-9-6-10-13(16(17)18)14(12)21-11-7-4-3-5-8-11/h6,9-11,15H,2-5,7-8H2,1H3. The Hall–Kier alpha value is -1.83. The zero-order chi connectivity index (χ0) is 16.2. The molecule has 122 valence electrons. The highest BCUT2D eigenvalue weighted by molar-refractivity contribution is 7.92. The van der Waals surface area contributed by atoms with E-state index in [1.807, 2.05) is 0 Å². The highest BCUT2D eigenvalue weighted by atomic mass is 32.2. The molecular formula is C14H20N2O5S. The van der Waals surface area contributed by atoms with E-state index in [4.69, 9.17) is 4.74 Å². The second kappa shape index (κ2) is 6.95. The molecule has 1 aliphatic carbocycles. The number of nitrogens with zero attached hydrogens (tertiary/aromatic N) is 1. The van der Waals surface area contributed by atoms with Crippen molar-refractivity contribution in [3.05, 3.63) is 28.3 Å². The molecule has 8 heteroatoms. The van der Waals surface area contributed by atoms with Crippen LogP contribution in [0.15, 0.2) is 18.2 Å². The lowest BCUT2D eigenvalue weighted by Crippen LogP contribution is -2.22. The van der Waals surface area contributed by atoms with Crippen LogP contribution in [-0.4, -0.2) is 25.2 Å². The summed E-state index contributed by atoms with van der Waals surface area (Å²) in [7, 11) is -3.53. The quantitative estimate of drug-likeness (QED) is 0.639. The number of anilines is 1. The Balaban J connectivity index is 2.35. The summed E-state index contributed by atoms with van der Waals surface area (Å²) in [6.45, 7) is 1.50. The summed E-state index contributed by atoms with van der Waals surface area (Å²) < 4.78 is 31.7. The van der Waals surface area contributed by atoms with Crippen LogP contribution in [0, 0.1) is 10.1 Å². The van der Waals surface area contributed by atoms with Gasteiger partial charge in [0, 0.05) is 6.07 Å². The molecule has 0 aliphatic heterocycles. The van der Waals surface area contributed by atoms with E-state index in [1.54, 1.807) is 0 Å². The van der Waals surface area contributed by atoms with E-state index < -0.39 is 14.9 Å². The van der Waals surface area contributed by atoms with Crippen LogP contribution in [0.5, 0.6) is 5.75 Å². The van der Waals surface area contributed by atoms with Gasteiger partial charge >= 0.3 is 5.69 Å². The largest absolute Gasteiger partial charge is 0.482 e. The molecule has 0 radical (unpaired) electrons. The number of nitro groups is 1. The van der Waals surface area contributed by atoms with Crippen LogP contribution in [0.2, 0.25) is 0 Å². The Kier molecular flexibility index (Phi) is 5.23. The van der Waals surface area contributed by atoms with Gasteiger partial charge in [-0.1, -0.05) is 12.5 Å². The fourth-order valence-corrected chi connectivity index (χ4v) is 3.10. The van der Waals surface area contributed by atoms with E-state index >= 15 is 0 Å². The minimum atomic E-state index is -3.53. The molecule has 0 unspecified atom stereocenters. The third kappa shape index (κ3) is 4.09. The SMILES string of the molecule is CCS(=O)(=O)Nc1cccc([N+](=O)[O-])c1OC1CCCCC1. The number of nitro benzene ring substituents is 1. The van der Waals surface area contributed by atoms with Crippen molar-refractivity contribution in [2.75, 3.05) is 10.5 Å². The molecule has 1 N–H and O–H groups in total. The number of para-hydroxylation sites is 1. The Labute approximate surface area is 129 Å². The Morgan fingerprint density at radius 2 is 2.00 bits per heavy atom. The normalized spacial score (nSPS) is 16.2. The fourth-order valence-electron chi connectivity index (χ4n) is 2.46. The average molecular weight is 328 g/mol. The molecule has 2 rings (SSSR count). The minimum absolute atomic E-state index is 0.0106. The van der Waals surface area contributed by atoms with Crippen LogP contribution in [0.25, 0.3) is 0 Å². The highest BCUT2D eigenvalue weighted by Gasteiger charge is 2.25. The third-order valence-corrected chi connectivity index (χ3v) is 4.96. The first kappa shape index (κ1) is 16.5. The number of ether oxygens (including phenoxy) is 1. The van der Waals surface area contributed by atoms with E-state index in [0.29, 0.717) is 0 Å². The van der Waals surface area contributed by atoms with Crippen LogP contribution in [0.1, 0.15) is 39.0 Å². The molecule has 1 saturated carbocycles. The van der Waals surface area contributed by atoms with Gasteiger partial charge < -0.3 is 4.74 Å². The fraction of sp³-hybridized carbons (Fsp3) is 0.571. The van der Waals surface area contributed by atoms with Crippen molar-refractivity contribution in [2.24, 2.45) is 0 Å². The number of rotatable bonds is 6. The van der Waals surface area contributed by atoms with Crippen molar-refractivity contribution in [3.63, 3.8) is 0 Å². The van der Waals surface area contributed by atoms with Crippen LogP contribution >= 0.6 is 0 Å². The van der Waals surface area contributed by atoms with Crippen LogP contribution in [0.3, 0.4) is 0 Å². The summed E-state index contributed by atoms with van der Waals surface area (Å²) in [5, 5.41) is 11.2. The summed E-state index contributed by atoms with van der Waals surface area (Å²) in [5.41, 5.74) is -0.0940. The summed E-state index contributed by atoms with van der Waals surface area (Å²) in [4.78, 5) is 10.6. The van der Waals surface area contributed by atoms with E-state index in [9.17, 15) is 18.5 Å². The van der Waals surface area contributed by atoms with Gasteiger partial charge in [0.1, 0.15) is 0 Å². The molecule has 22 heavy (non-hydrogen) atoms. The molecule has 1 fully saturated rings. The van der Waals surface area contributed by atoms with Gasteiger partial charge in [0.2, 0.25) is 15.8 Å². The van der Waals surface area contributed by atoms with E-state index in [2.05, 4.69) is 4.72 Å². The first-order chi connectivity index (χ1) is 10.4. The maximum atomic E-state index is 11.8. The van der Waals surface area contributed by atoms with Crippen molar-refractivity contribution in [3.8, 4) is 5.75 Å². The van der Waals surface area contributed by atoms with Gasteiger partial charge in [-0.2, -0.15) is 0 Å². The molecular weight excluding hydrogens is 308 g/mol. The van der Waals surface area contributed by atoms with Crippen LogP contribution in [0.4, 0.5) is 11.4 Å². The molecule has 1 aromatic rings. The second-order valence-corrected chi connectivity index (χ2v) is 7.31. The summed E-state index contributed by atoms with van der Waals surface area (Å²) >= 11 is 0. The number of hydrogen-bond donors (Lipinski definition) is 1. The van der Waals surface area contributed by atoms with Crippen LogP contribution in [-0.2, 0) is 10.0 Å². The van der Waals surface area contributed by atoms with Crippen molar-refractivity contribution in [1.82, 2.24) is 0 Å². The molecule has 0 heterocycles. The van der Waals surface area contributed by atoms with Gasteiger partial charge in [0.15, 0.2) is 0 Å². The molecule has 0 saturated heterocycles. The number of nitrogens with one attached hydrogen (secondary N) is 1. The average Bonchev–Trinajstić information content (AvgIpc) is 2.49. The monoisotopic (exact) mass is 328 g/mol. The van der Waals surface area contributed by atoms with Gasteiger partial charge in [-0.05, 0) is 38.7 Å². The molecule has 0 spiro atoms. The summed E-state index contributed by atoms with van der Waals surface area (Å²) in [6.07, 6.45) is 4.70. The van der Waals surface area contributed by atoms with E-state index in [-0.39, 0.29) is 29.0 Å². The molecule has 0 atom stereocenters. The lowest BCUT2D eigenvalue weighted by molar-refractivity contribution is -0.386. The molecule has 0 aromatic heterocycles. The van der Waals surface area contributed by atoms with Gasteiger partial charge in [-0.25, -0.2) is 8.42 Å². The summed E-state index contributed by atoms with van der Waals surface area (Å²) in [6, 6.07) is 4.25. The first-order valence-corrected chi connectivity index (χ1v) is 9.02. The Bertz CT molecular complexity index is 639. The maximum Gasteiger partial charge on any atom is 0.313 e. The lowest BCUT2D eigenvalue weighted by Gasteiger charge is -2.24. The third-order valence-electron chi connectivity index (χ3n) is 3.67. The predicted octanol–water partition coefficient (Wildman–Crippen LogP) is 3.07. The zero-order valence-electron chi connectivity index (χ0n) is 12.4. The molecule has 0 bridgehead atoms. The first-order valence-electron chi connectivity index (χ1n) is 7.37. The topological polar surface area (TPSA) is 98.5 Å². The van der Waals surface area contributed by atoms with Crippen molar-refractivity contribution >= 4 is 21.4 Å². The Morgan fingerprint density at radius 3 is 2.59 bits per heavy atom. The molecule has 7 nitrogen and oxygen atoms in total. The second-order valence-electron chi connectivity index (χ2n) is 5.29. The Morgan fingerprint density at radius 1 is 1.32 bits per heavy atom. The van der Waals surface area contributed by atoms with Gasteiger partial charge in [0.05, 0.1) is 22.5 Å². The molecule has 1 aliphatic rings. The van der Waals surface area contributed by atoms with Gasteiger partial charge in [-0.3, -0.25) is 14.8 Å².